The van der Waals surface area contributed by atoms with Crippen molar-refractivity contribution in [2.24, 2.45) is 5.11 Å². The van der Waals surface area contributed by atoms with Crippen molar-refractivity contribution in [1.29, 1.82) is 5.53 Å². The standard InChI is InChI=1S/C14H11N3/c15-13-7-11-5-9-3-1-2-4-10(9)6-12(11)8-14(13)17-16/h1-8,16H,15H2. The summed E-state index contributed by atoms with van der Waals surface area (Å²) in [5, 5.41) is 7.93. The van der Waals surface area contributed by atoms with Gasteiger partial charge in [0.1, 0.15) is 5.69 Å². The van der Waals surface area contributed by atoms with Gasteiger partial charge in [-0.05, 0) is 45.8 Å². The van der Waals surface area contributed by atoms with Gasteiger partial charge in [-0.15, -0.1) is 0 Å². The van der Waals surface area contributed by atoms with Crippen LogP contribution in [0.25, 0.3) is 21.5 Å². The predicted molar refractivity (Wildman–Crippen MR) is 70.7 cm³/mol. The Hall–Kier alpha value is -2.42. The first-order valence-corrected chi connectivity index (χ1v) is 5.37. The second-order valence-electron chi connectivity index (χ2n) is 4.07. The molecule has 17 heavy (non-hydrogen) atoms. The molecule has 0 saturated heterocycles. The quantitative estimate of drug-likeness (QED) is 0.360. The van der Waals surface area contributed by atoms with Crippen LogP contribution >= 0.6 is 0 Å². The highest BCUT2D eigenvalue weighted by Gasteiger charge is 2.02. The highest BCUT2D eigenvalue weighted by Crippen LogP contribution is 2.30. The van der Waals surface area contributed by atoms with E-state index < -0.39 is 0 Å². The van der Waals surface area contributed by atoms with E-state index in [0.717, 1.165) is 10.8 Å². The minimum atomic E-state index is 0.521. The average molecular weight is 221 g/mol. The van der Waals surface area contributed by atoms with E-state index in [1.165, 1.54) is 10.8 Å². The Kier molecular flexibility index (Phi) is 2.05. The fourth-order valence-electron chi connectivity index (χ4n) is 2.09. The molecule has 0 unspecified atom stereocenters. The Morgan fingerprint density at radius 2 is 1.41 bits per heavy atom. The summed E-state index contributed by atoms with van der Waals surface area (Å²) in [6, 6.07) is 16.1. The molecule has 0 atom stereocenters. The molecular formula is C14H11N3. The number of nitrogens with zero attached hydrogens (tertiary/aromatic N) is 1. The van der Waals surface area contributed by atoms with Crippen molar-refractivity contribution in [3.8, 4) is 0 Å². The van der Waals surface area contributed by atoms with Crippen LogP contribution in [0.1, 0.15) is 0 Å². The zero-order chi connectivity index (χ0) is 11.8. The lowest BCUT2D eigenvalue weighted by atomic mass is 10.0. The van der Waals surface area contributed by atoms with Crippen molar-refractivity contribution in [1.82, 2.24) is 0 Å². The summed E-state index contributed by atoms with van der Waals surface area (Å²) < 4.78 is 0. The largest absolute Gasteiger partial charge is 0.397 e. The minimum Gasteiger partial charge on any atom is -0.397 e. The van der Waals surface area contributed by atoms with Crippen molar-refractivity contribution < 1.29 is 0 Å². The SMILES string of the molecule is N=Nc1cc2cc3ccccc3cc2cc1N. The Balaban J connectivity index is 2.43. The number of nitrogens with one attached hydrogen (secondary N) is 1. The van der Waals surface area contributed by atoms with E-state index in [4.69, 9.17) is 11.3 Å². The van der Waals surface area contributed by atoms with Crippen molar-refractivity contribution in [2.45, 2.75) is 0 Å². The first kappa shape index (κ1) is 9.78. The van der Waals surface area contributed by atoms with Gasteiger partial charge in [-0.25, -0.2) is 5.53 Å². The second-order valence-corrected chi connectivity index (χ2v) is 4.07. The number of hydrogen-bond acceptors (Lipinski definition) is 3. The van der Waals surface area contributed by atoms with Gasteiger partial charge in [-0.3, -0.25) is 0 Å². The zero-order valence-electron chi connectivity index (χ0n) is 9.14. The third-order valence-electron chi connectivity index (χ3n) is 2.97. The van der Waals surface area contributed by atoms with Gasteiger partial charge in [-0.1, -0.05) is 24.3 Å². The molecule has 3 N–H and O–H groups in total. The van der Waals surface area contributed by atoms with E-state index in [1.54, 1.807) is 0 Å². The van der Waals surface area contributed by atoms with Gasteiger partial charge in [-0.2, -0.15) is 5.11 Å². The van der Waals surface area contributed by atoms with Crippen molar-refractivity contribution in [3.05, 3.63) is 48.5 Å². The highest BCUT2D eigenvalue weighted by molar-refractivity contribution is 6.01. The number of nitrogens with two attached hydrogens (primary N) is 1. The second kappa shape index (κ2) is 3.56. The van der Waals surface area contributed by atoms with Crippen LogP contribution in [0.15, 0.2) is 53.6 Å². The van der Waals surface area contributed by atoms with Crippen LogP contribution in [0, 0.1) is 5.53 Å². The van der Waals surface area contributed by atoms with Crippen molar-refractivity contribution >= 4 is 32.9 Å². The van der Waals surface area contributed by atoms with Gasteiger partial charge in [0.05, 0.1) is 5.69 Å². The van der Waals surface area contributed by atoms with Crippen LogP contribution in [-0.2, 0) is 0 Å². The fourth-order valence-corrected chi connectivity index (χ4v) is 2.09. The van der Waals surface area contributed by atoms with E-state index in [9.17, 15) is 0 Å². The number of nitrogen functional groups attached to an aromatic ring is 1. The number of anilines is 1. The molecular weight excluding hydrogens is 210 g/mol. The molecule has 0 aliphatic heterocycles. The Morgan fingerprint density at radius 3 is 2.00 bits per heavy atom. The molecule has 3 heteroatoms. The first-order valence-electron chi connectivity index (χ1n) is 5.37. The Morgan fingerprint density at radius 1 is 0.824 bits per heavy atom. The Bertz CT molecular complexity index is 732. The summed E-state index contributed by atoms with van der Waals surface area (Å²) >= 11 is 0. The number of benzene rings is 3. The van der Waals surface area contributed by atoms with Crippen LogP contribution in [0.3, 0.4) is 0 Å². The number of fused-ring (bicyclic) bond motifs is 2. The topological polar surface area (TPSA) is 62.2 Å². The third-order valence-corrected chi connectivity index (χ3v) is 2.97. The molecule has 3 aromatic rings. The maximum atomic E-state index is 7.07. The molecule has 0 spiro atoms. The van der Waals surface area contributed by atoms with E-state index in [-0.39, 0.29) is 0 Å². The summed E-state index contributed by atoms with van der Waals surface area (Å²) in [5.74, 6) is 0. The highest BCUT2D eigenvalue weighted by atomic mass is 15.0. The van der Waals surface area contributed by atoms with E-state index in [0.29, 0.717) is 11.4 Å². The van der Waals surface area contributed by atoms with Gasteiger partial charge in [0, 0.05) is 0 Å². The monoisotopic (exact) mass is 221 g/mol. The average Bonchev–Trinajstić information content (AvgIpc) is 2.35. The first-order chi connectivity index (χ1) is 8.28. The molecule has 0 aromatic heterocycles. The van der Waals surface area contributed by atoms with Crippen molar-refractivity contribution in [2.75, 3.05) is 5.73 Å². The molecule has 0 heterocycles. The molecule has 0 aliphatic carbocycles. The molecule has 3 rings (SSSR count). The van der Waals surface area contributed by atoms with Crippen LogP contribution in [0.5, 0.6) is 0 Å². The predicted octanol–water partition coefficient (Wildman–Crippen LogP) is 4.24. The van der Waals surface area contributed by atoms with Crippen molar-refractivity contribution in [3.63, 3.8) is 0 Å². The zero-order valence-corrected chi connectivity index (χ0v) is 9.14. The lowest BCUT2D eigenvalue weighted by Gasteiger charge is -2.05. The summed E-state index contributed by atoms with van der Waals surface area (Å²) in [6.45, 7) is 0. The van der Waals surface area contributed by atoms with Gasteiger partial charge in [0.2, 0.25) is 0 Å². The summed E-state index contributed by atoms with van der Waals surface area (Å²) in [4.78, 5) is 0. The third kappa shape index (κ3) is 1.52. The lowest BCUT2D eigenvalue weighted by molar-refractivity contribution is 1.15. The summed E-state index contributed by atoms with van der Waals surface area (Å²) in [5.41, 5.74) is 14.0. The number of hydrogen-bond donors (Lipinski definition) is 2. The molecule has 0 aliphatic rings. The summed E-state index contributed by atoms with van der Waals surface area (Å²) in [7, 11) is 0. The number of rotatable bonds is 1. The molecule has 0 amide bonds. The van der Waals surface area contributed by atoms with Crippen LogP contribution in [0.4, 0.5) is 11.4 Å². The van der Waals surface area contributed by atoms with Crippen LogP contribution in [0.2, 0.25) is 0 Å². The van der Waals surface area contributed by atoms with Gasteiger partial charge < -0.3 is 5.73 Å². The van der Waals surface area contributed by atoms with E-state index in [2.05, 4.69) is 29.4 Å². The Labute approximate surface area is 98.4 Å². The van der Waals surface area contributed by atoms with Gasteiger partial charge >= 0.3 is 0 Å². The normalized spacial score (nSPS) is 10.8. The molecule has 0 fully saturated rings. The molecule has 3 nitrogen and oxygen atoms in total. The van der Waals surface area contributed by atoms with Crippen LogP contribution < -0.4 is 5.73 Å². The minimum absolute atomic E-state index is 0.521. The molecule has 0 saturated carbocycles. The van der Waals surface area contributed by atoms with Gasteiger partial charge in [0.15, 0.2) is 0 Å². The smallest absolute Gasteiger partial charge is 0.108 e. The fraction of sp³-hybridized carbons (Fsp3) is 0. The summed E-state index contributed by atoms with van der Waals surface area (Å²) in [6.07, 6.45) is 0. The van der Waals surface area contributed by atoms with Gasteiger partial charge in [0.25, 0.3) is 0 Å². The maximum absolute atomic E-state index is 7.07. The lowest BCUT2D eigenvalue weighted by Crippen LogP contribution is -1.86. The van der Waals surface area contributed by atoms with E-state index >= 15 is 0 Å². The maximum Gasteiger partial charge on any atom is 0.108 e. The molecule has 0 bridgehead atoms. The molecule has 82 valence electrons. The molecule has 0 radical (unpaired) electrons. The van der Waals surface area contributed by atoms with Crippen LogP contribution in [-0.4, -0.2) is 0 Å². The van der Waals surface area contributed by atoms with E-state index in [1.807, 2.05) is 24.3 Å². The molecule has 3 aromatic carbocycles.